The van der Waals surface area contributed by atoms with E-state index >= 15 is 0 Å². The van der Waals surface area contributed by atoms with Crippen LogP contribution >= 0.6 is 0 Å². The molecule has 0 spiro atoms. The number of carbonyl (C=O) groups excluding carboxylic acids is 5. The molecule has 48 nitrogen and oxygen atoms in total. The second-order valence-electron chi connectivity index (χ2n) is 29.4. The Morgan fingerprint density at radius 1 is 0.432 bits per heavy atom. The summed E-state index contributed by atoms with van der Waals surface area (Å²) in [5.41, 5.74) is 12.2. The number of carbonyl (C=O) groups is 5. The van der Waals surface area contributed by atoms with Gasteiger partial charge in [0.25, 0.3) is 0 Å². The van der Waals surface area contributed by atoms with Crippen molar-refractivity contribution in [1.82, 2.24) is 51.5 Å². The van der Waals surface area contributed by atoms with Crippen molar-refractivity contribution in [3.05, 3.63) is 23.8 Å². The number of hydrazine groups is 1. The Morgan fingerprint density at radius 3 is 1.25 bits per heavy atom. The maximum absolute atomic E-state index is 12.7. The van der Waals surface area contributed by atoms with E-state index in [9.17, 15) is 126 Å². The molecule has 8 rings (SSSR count). The number of unbranched alkanes of at least 4 members (excludes halogenated alkanes) is 3. The van der Waals surface area contributed by atoms with Gasteiger partial charge in [0.2, 0.25) is 17.7 Å². The Bertz CT molecular complexity index is 3250. The SMILES string of the molecule is CC(=O)[C@H](CCCCN)NNC(=O)CCc1cn(CCCCC(=O)CCCO[C@@H]2O[C@H](CO[C@H]3O[C@H](CO)[C@@H](O)[C@H](O)[C@@H]3O)[C@@H](O)[C@H](O[C@H]3O[C@H](CO)[C@@H](O)[C@H](O)[C@@H]3O)[C@@H]2O)nn1.CCNC(=O)CCc1cn(CCCCC(=O)NCCO[C@@H]2O[C@H](CO[C@H]3O[C@H](CO)[C@@H](O)[C@H](O)[C@@H]3O)[C@@H](O)[C@H](O[C@H]3O[C@H](CO)[C@@H](O)[C@H](O)[C@@H]3O)[C@@H]2O)nn1. The van der Waals surface area contributed by atoms with Gasteiger partial charge in [-0.05, 0) is 65.3 Å². The number of aryl methyl sites for hydroxylation is 4. The van der Waals surface area contributed by atoms with Gasteiger partial charge in [-0.3, -0.25) is 38.8 Å². The maximum Gasteiger partial charge on any atom is 0.234 e. The molecule has 0 unspecified atom stereocenters. The Morgan fingerprint density at radius 2 is 0.822 bits per heavy atom. The Labute approximate surface area is 677 Å². The highest BCUT2D eigenvalue weighted by molar-refractivity contribution is 5.82. The van der Waals surface area contributed by atoms with Gasteiger partial charge in [-0.1, -0.05) is 16.8 Å². The molecule has 0 aliphatic carbocycles. The molecule has 6 saturated heterocycles. The van der Waals surface area contributed by atoms with Crippen LogP contribution in [-0.2, 0) is 107 Å². The zero-order valence-corrected chi connectivity index (χ0v) is 65.5. The summed E-state index contributed by atoms with van der Waals surface area (Å²) < 4.78 is 70.0. The predicted molar refractivity (Wildman–Crippen MR) is 389 cm³/mol. The van der Waals surface area contributed by atoms with Crippen LogP contribution in [0.2, 0.25) is 0 Å². The minimum atomic E-state index is -1.90. The normalized spacial score (nSPS) is 35.3. The second-order valence-corrected chi connectivity index (χ2v) is 29.4. The van der Waals surface area contributed by atoms with Crippen LogP contribution in [0.5, 0.6) is 0 Å². The first kappa shape index (κ1) is 99.8. The van der Waals surface area contributed by atoms with Gasteiger partial charge in [0.15, 0.2) is 37.7 Å². The number of aliphatic hydroxyl groups is 20. The van der Waals surface area contributed by atoms with Crippen molar-refractivity contribution in [2.45, 2.75) is 314 Å². The Balaban J connectivity index is 0.000000329. The van der Waals surface area contributed by atoms with Crippen LogP contribution < -0.4 is 27.2 Å². The fraction of sp³-hybridized carbons (Fsp3) is 0.871. The topological polar surface area (TPSA) is 736 Å². The average molecular weight is 1710 g/mol. The number of aliphatic hydroxyl groups excluding tert-OH is 20. The number of hydrogen-bond donors (Lipinski definition) is 25. The van der Waals surface area contributed by atoms with E-state index in [0.717, 1.165) is 12.8 Å². The molecule has 48 heteroatoms. The van der Waals surface area contributed by atoms with Crippen molar-refractivity contribution in [3.63, 3.8) is 0 Å². The van der Waals surface area contributed by atoms with E-state index < -0.39 is 230 Å². The summed E-state index contributed by atoms with van der Waals surface area (Å²) in [6.07, 6.45) is -40.2. The lowest BCUT2D eigenvalue weighted by Crippen LogP contribution is -2.65. The van der Waals surface area contributed by atoms with Gasteiger partial charge in [0.05, 0.1) is 70.3 Å². The molecule has 8 heterocycles. The van der Waals surface area contributed by atoms with Gasteiger partial charge >= 0.3 is 0 Å². The molecule has 678 valence electrons. The Kier molecular flexibility index (Phi) is 42.6. The van der Waals surface area contributed by atoms with E-state index in [0.29, 0.717) is 88.9 Å². The first-order valence-electron chi connectivity index (χ1n) is 39.5. The molecule has 0 bridgehead atoms. The van der Waals surface area contributed by atoms with Crippen molar-refractivity contribution in [2.24, 2.45) is 5.73 Å². The number of amides is 3. The van der Waals surface area contributed by atoms with E-state index in [1.165, 1.54) is 6.92 Å². The van der Waals surface area contributed by atoms with Gasteiger partial charge < -0.3 is 175 Å². The molecule has 0 aromatic carbocycles. The number of Topliss-reactive ketones (excluding diaryl/α,β-unsaturated/α-hetero) is 2. The molecular formula is C70H121N11O37. The molecule has 2 aromatic heterocycles. The summed E-state index contributed by atoms with van der Waals surface area (Å²) in [5.74, 6) is -0.810. The van der Waals surface area contributed by atoms with Crippen LogP contribution in [0, 0.1) is 0 Å². The minimum Gasteiger partial charge on any atom is -0.394 e. The molecule has 6 fully saturated rings. The highest BCUT2D eigenvalue weighted by Crippen LogP contribution is 2.34. The van der Waals surface area contributed by atoms with Crippen LogP contribution in [0.3, 0.4) is 0 Å². The average Bonchev–Trinajstić information content (AvgIpc) is 0.951. The van der Waals surface area contributed by atoms with Crippen LogP contribution in [-0.4, -0.2) is 424 Å². The third kappa shape index (κ3) is 29.2. The second kappa shape index (κ2) is 50.4. The van der Waals surface area contributed by atoms with Crippen LogP contribution in [0.25, 0.3) is 0 Å². The fourth-order valence-electron chi connectivity index (χ4n) is 13.3. The lowest BCUT2D eigenvalue weighted by molar-refractivity contribution is -0.366. The quantitative estimate of drug-likeness (QED) is 0.0216. The summed E-state index contributed by atoms with van der Waals surface area (Å²) in [4.78, 5) is 60.9. The molecule has 6 aliphatic rings. The first-order chi connectivity index (χ1) is 56.4. The van der Waals surface area contributed by atoms with Crippen molar-refractivity contribution in [2.75, 3.05) is 72.5 Å². The number of nitrogens with zero attached hydrogens (tertiary/aromatic N) is 6. The highest BCUT2D eigenvalue weighted by Gasteiger charge is 2.55. The zero-order chi connectivity index (χ0) is 86.4. The molecule has 2 aromatic rings. The maximum atomic E-state index is 12.7. The highest BCUT2D eigenvalue weighted by atomic mass is 16.8. The molecule has 3 amide bonds. The lowest BCUT2D eigenvalue weighted by Gasteiger charge is -2.46. The number of nitrogens with one attached hydrogen (secondary N) is 4. The van der Waals surface area contributed by atoms with Crippen molar-refractivity contribution in [3.8, 4) is 0 Å². The lowest BCUT2D eigenvalue weighted by atomic mass is 9.96. The molecule has 118 heavy (non-hydrogen) atoms. The number of hydrogen-bond acceptors (Lipinski definition) is 43. The van der Waals surface area contributed by atoms with E-state index in [-0.39, 0.29) is 81.2 Å². The number of rotatable bonds is 47. The number of ketones is 2. The van der Waals surface area contributed by atoms with E-state index in [1.54, 1.807) is 21.8 Å². The molecular weight excluding hydrogens is 1590 g/mol. The van der Waals surface area contributed by atoms with Gasteiger partial charge in [-0.2, -0.15) is 0 Å². The van der Waals surface area contributed by atoms with Crippen LogP contribution in [0.15, 0.2) is 12.4 Å². The fourth-order valence-corrected chi connectivity index (χ4v) is 13.3. The molecule has 31 atom stereocenters. The molecule has 6 aliphatic heterocycles. The zero-order valence-electron chi connectivity index (χ0n) is 65.5. The molecule has 0 saturated carbocycles. The van der Waals surface area contributed by atoms with Crippen molar-refractivity contribution >= 4 is 29.3 Å². The molecule has 0 radical (unpaired) electrons. The summed E-state index contributed by atoms with van der Waals surface area (Å²) in [6.45, 7) is 0.746. The van der Waals surface area contributed by atoms with Crippen LogP contribution in [0.4, 0.5) is 0 Å². The van der Waals surface area contributed by atoms with Gasteiger partial charge in [0.1, 0.15) is 158 Å². The summed E-state index contributed by atoms with van der Waals surface area (Å²) in [5, 5.41) is 228. The first-order valence-corrected chi connectivity index (χ1v) is 39.5. The third-order valence-electron chi connectivity index (χ3n) is 20.4. The van der Waals surface area contributed by atoms with Gasteiger partial charge in [-0.25, -0.2) is 5.43 Å². The number of ether oxygens (including phenoxy) is 12. The van der Waals surface area contributed by atoms with Gasteiger partial charge in [0, 0.05) is 83.5 Å². The van der Waals surface area contributed by atoms with E-state index in [1.807, 2.05) is 6.92 Å². The Hall–Kier alpha value is -5.33. The third-order valence-corrected chi connectivity index (χ3v) is 20.4. The predicted octanol–water partition coefficient (Wildman–Crippen LogP) is -13.0. The smallest absolute Gasteiger partial charge is 0.234 e. The minimum absolute atomic E-state index is 0.0315. The van der Waals surface area contributed by atoms with Crippen molar-refractivity contribution < 1.29 is 183 Å². The van der Waals surface area contributed by atoms with Crippen LogP contribution in [0.1, 0.15) is 109 Å². The summed E-state index contributed by atoms with van der Waals surface area (Å²) in [6, 6.07) is -0.492. The summed E-state index contributed by atoms with van der Waals surface area (Å²) in [7, 11) is 0. The van der Waals surface area contributed by atoms with E-state index in [4.69, 9.17) is 62.6 Å². The van der Waals surface area contributed by atoms with Gasteiger partial charge in [-0.15, -0.1) is 10.2 Å². The summed E-state index contributed by atoms with van der Waals surface area (Å²) >= 11 is 0. The van der Waals surface area contributed by atoms with Crippen molar-refractivity contribution in [1.29, 1.82) is 0 Å². The number of nitrogens with two attached hydrogens (primary N) is 1. The molecule has 26 N–H and O–H groups in total. The van der Waals surface area contributed by atoms with E-state index in [2.05, 4.69) is 42.1 Å². The standard InChI is InChI=1S/C38H66N6O19.C32H55N5O18/c1-19(47)22(9-2-4-12-39)41-42-26(49)11-10-20-15-44(43-40-20)13-5-3-7-21(48)8-6-14-58-37-34(57)35(63-38-33(56)31(54)28(51)24(17-46)61-38)29(52)25(62-37)18-59-36-32(55)30(53)27(50)23(16-45)60-36;1-2-33-20(41)7-6-15-11-37(36-35-15)9-4-3-5-19(40)34-8-10-50-31-28(49)29(55-32-27(48)25(46)22(43)17(13-39)53-32)23(44)18(54-31)14-51-30-26(47)24(45)21(42)16(12-38)52-30/h15,22-25,27-38,41,45-46,50-57H,2-14,16-18,39H2,1H3,(H,42,49);11,16-18,21-32,38-39,42-49H,2-10,12-14H2,1H3,(H,33,41)(H,34,40)/t22-,23+,24+,25+,27+,28+,29+,30-,31-,32-,33-,34-,35-,36-,37+,38+;16-,17-,18-,21-,22-,23-,24+,25+,26+,27+,28+,29+,30+,31-,32-/m01/s1. The number of aromatic nitrogens is 6. The monoisotopic (exact) mass is 1710 g/mol. The largest absolute Gasteiger partial charge is 0.394 e.